The van der Waals surface area contributed by atoms with Gasteiger partial charge in [-0.25, -0.2) is 4.79 Å². The molecule has 1 unspecified atom stereocenters. The molecule has 0 radical (unpaired) electrons. The number of hydrogen-bond acceptors (Lipinski definition) is 3. The summed E-state index contributed by atoms with van der Waals surface area (Å²) in [5.74, 6) is -0.946. The normalized spacial score (nSPS) is 21.9. The van der Waals surface area contributed by atoms with Gasteiger partial charge < -0.3 is 10.0 Å². The second kappa shape index (κ2) is 6.03. The van der Waals surface area contributed by atoms with Crippen LogP contribution in [-0.4, -0.2) is 39.0 Å². The molecule has 0 saturated carbocycles. The lowest BCUT2D eigenvalue weighted by molar-refractivity contribution is -0.156. The fourth-order valence-electron chi connectivity index (χ4n) is 2.92. The van der Waals surface area contributed by atoms with E-state index in [2.05, 4.69) is 4.98 Å². The Bertz CT molecular complexity index is 489. The number of carboxylic acid groups (broad SMARTS) is 1. The van der Waals surface area contributed by atoms with Crippen molar-refractivity contribution >= 4 is 11.9 Å². The number of carboxylic acids is 1. The zero-order chi connectivity index (χ0) is 14.6. The Hall–Kier alpha value is -1.91. The largest absolute Gasteiger partial charge is 0.479 e. The number of aryl methyl sites for hydroxylation is 1. The van der Waals surface area contributed by atoms with Gasteiger partial charge in [0.25, 0.3) is 0 Å². The predicted molar refractivity (Wildman–Crippen MR) is 74.2 cm³/mol. The molecule has 0 bridgehead atoms. The van der Waals surface area contributed by atoms with Crippen LogP contribution in [0.5, 0.6) is 0 Å². The Morgan fingerprint density at radius 1 is 1.40 bits per heavy atom. The van der Waals surface area contributed by atoms with Gasteiger partial charge in [-0.2, -0.15) is 0 Å². The molecule has 0 aliphatic carbocycles. The molecule has 0 aromatic carbocycles. The molecule has 2 heterocycles. The third-order valence-electron chi connectivity index (χ3n) is 4.15. The molecule has 1 aromatic heterocycles. The second-order valence-corrected chi connectivity index (χ2v) is 5.19. The average Bonchev–Trinajstić information content (AvgIpc) is 2.91. The fourth-order valence-corrected chi connectivity index (χ4v) is 2.92. The maximum atomic E-state index is 12.3. The van der Waals surface area contributed by atoms with Crippen LogP contribution < -0.4 is 0 Å². The molecule has 1 N–H and O–H groups in total. The van der Waals surface area contributed by atoms with Crippen molar-refractivity contribution in [2.75, 3.05) is 6.54 Å². The van der Waals surface area contributed by atoms with Crippen molar-refractivity contribution in [2.24, 2.45) is 0 Å². The van der Waals surface area contributed by atoms with Gasteiger partial charge in [0, 0.05) is 25.4 Å². The van der Waals surface area contributed by atoms with Crippen LogP contribution in [0, 0.1) is 0 Å². The van der Waals surface area contributed by atoms with Crippen LogP contribution in [0.4, 0.5) is 0 Å². The van der Waals surface area contributed by atoms with Crippen LogP contribution >= 0.6 is 0 Å². The van der Waals surface area contributed by atoms with Crippen LogP contribution in [0.3, 0.4) is 0 Å². The maximum Gasteiger partial charge on any atom is 0.329 e. The van der Waals surface area contributed by atoms with E-state index in [9.17, 15) is 14.7 Å². The molecule has 1 amide bonds. The first-order valence-corrected chi connectivity index (χ1v) is 7.03. The van der Waals surface area contributed by atoms with Gasteiger partial charge in [0.1, 0.15) is 5.54 Å². The van der Waals surface area contributed by atoms with Crippen molar-refractivity contribution in [1.82, 2.24) is 9.88 Å². The van der Waals surface area contributed by atoms with Crippen molar-refractivity contribution in [3.8, 4) is 0 Å². The number of carbonyl (C=O) groups is 2. The van der Waals surface area contributed by atoms with E-state index in [4.69, 9.17) is 0 Å². The molecule has 5 heteroatoms. The zero-order valence-electron chi connectivity index (χ0n) is 11.7. The van der Waals surface area contributed by atoms with Gasteiger partial charge in [-0.1, -0.05) is 6.92 Å². The van der Waals surface area contributed by atoms with E-state index in [-0.39, 0.29) is 5.91 Å². The van der Waals surface area contributed by atoms with Crippen LogP contribution in [0.25, 0.3) is 0 Å². The summed E-state index contributed by atoms with van der Waals surface area (Å²) in [5, 5.41) is 9.47. The molecule has 1 aliphatic rings. The van der Waals surface area contributed by atoms with Crippen LogP contribution in [-0.2, 0) is 16.0 Å². The number of pyridine rings is 1. The minimum Gasteiger partial charge on any atom is -0.479 e. The lowest BCUT2D eigenvalue weighted by Crippen LogP contribution is -2.52. The van der Waals surface area contributed by atoms with Gasteiger partial charge in [0.15, 0.2) is 0 Å². The van der Waals surface area contributed by atoms with E-state index in [0.29, 0.717) is 32.2 Å². The topological polar surface area (TPSA) is 70.5 Å². The highest BCUT2D eigenvalue weighted by Gasteiger charge is 2.48. The molecule has 20 heavy (non-hydrogen) atoms. The number of aliphatic carboxylic acids is 1. The third-order valence-corrected chi connectivity index (χ3v) is 4.15. The van der Waals surface area contributed by atoms with E-state index in [1.165, 1.54) is 0 Å². The molecule has 1 saturated heterocycles. The standard InChI is InChI=1S/C15H20N2O3/c1-2-15(14(19)20)8-3-11-17(15)13(18)5-4-12-6-9-16-10-7-12/h6-7,9-10H,2-5,8,11H2,1H3,(H,19,20). The quantitative estimate of drug-likeness (QED) is 0.891. The van der Waals surface area contributed by atoms with Crippen molar-refractivity contribution in [3.63, 3.8) is 0 Å². The van der Waals surface area contributed by atoms with E-state index in [1.807, 2.05) is 19.1 Å². The van der Waals surface area contributed by atoms with Crippen molar-refractivity contribution < 1.29 is 14.7 Å². The van der Waals surface area contributed by atoms with E-state index in [0.717, 1.165) is 12.0 Å². The first-order valence-electron chi connectivity index (χ1n) is 7.03. The fraction of sp³-hybridized carbons (Fsp3) is 0.533. The van der Waals surface area contributed by atoms with Gasteiger partial charge in [0.2, 0.25) is 5.91 Å². The highest BCUT2D eigenvalue weighted by Crippen LogP contribution is 2.33. The molecular formula is C15H20N2O3. The molecule has 5 nitrogen and oxygen atoms in total. The van der Waals surface area contributed by atoms with E-state index >= 15 is 0 Å². The summed E-state index contributed by atoms with van der Waals surface area (Å²) in [4.78, 5) is 29.4. The van der Waals surface area contributed by atoms with Crippen molar-refractivity contribution in [3.05, 3.63) is 30.1 Å². The first kappa shape index (κ1) is 14.5. The summed E-state index contributed by atoms with van der Waals surface area (Å²) in [6.07, 6.45) is 6.15. The summed E-state index contributed by atoms with van der Waals surface area (Å²) in [6, 6.07) is 3.75. The van der Waals surface area contributed by atoms with Crippen molar-refractivity contribution in [2.45, 2.75) is 44.6 Å². The molecule has 1 fully saturated rings. The van der Waals surface area contributed by atoms with Crippen LogP contribution in [0.2, 0.25) is 0 Å². The minimum absolute atomic E-state index is 0.0661. The van der Waals surface area contributed by atoms with Gasteiger partial charge in [-0.05, 0) is 43.4 Å². The SMILES string of the molecule is CCC1(C(=O)O)CCCN1C(=O)CCc1ccncc1. The Morgan fingerprint density at radius 3 is 2.70 bits per heavy atom. The summed E-state index contributed by atoms with van der Waals surface area (Å²) < 4.78 is 0. The molecule has 2 rings (SSSR count). The zero-order valence-corrected chi connectivity index (χ0v) is 11.7. The number of rotatable bonds is 5. The Balaban J connectivity index is 2.03. The van der Waals surface area contributed by atoms with E-state index in [1.54, 1.807) is 17.3 Å². The number of amides is 1. The molecule has 0 spiro atoms. The molecule has 1 aromatic rings. The predicted octanol–water partition coefficient (Wildman–Crippen LogP) is 1.87. The third kappa shape index (κ3) is 2.66. The average molecular weight is 276 g/mol. The van der Waals surface area contributed by atoms with Gasteiger partial charge in [-0.3, -0.25) is 9.78 Å². The molecular weight excluding hydrogens is 256 g/mol. The summed E-state index contributed by atoms with van der Waals surface area (Å²) >= 11 is 0. The first-order chi connectivity index (χ1) is 9.60. The highest BCUT2D eigenvalue weighted by molar-refractivity contribution is 5.87. The summed E-state index contributed by atoms with van der Waals surface area (Å²) in [5.41, 5.74) is 0.0555. The van der Waals surface area contributed by atoms with Gasteiger partial charge >= 0.3 is 5.97 Å². The molecule has 1 aliphatic heterocycles. The van der Waals surface area contributed by atoms with Crippen molar-refractivity contribution in [1.29, 1.82) is 0 Å². The summed E-state index contributed by atoms with van der Waals surface area (Å²) in [7, 11) is 0. The summed E-state index contributed by atoms with van der Waals surface area (Å²) in [6.45, 7) is 2.39. The highest BCUT2D eigenvalue weighted by atomic mass is 16.4. The molecule has 108 valence electrons. The number of nitrogens with zero attached hydrogens (tertiary/aromatic N) is 2. The lowest BCUT2D eigenvalue weighted by Gasteiger charge is -2.34. The van der Waals surface area contributed by atoms with Gasteiger partial charge in [0.05, 0.1) is 0 Å². The second-order valence-electron chi connectivity index (χ2n) is 5.19. The number of aromatic nitrogens is 1. The van der Waals surface area contributed by atoms with Crippen LogP contribution in [0.1, 0.15) is 38.2 Å². The number of carbonyl (C=O) groups excluding carboxylic acids is 1. The number of likely N-dealkylation sites (tertiary alicyclic amines) is 1. The smallest absolute Gasteiger partial charge is 0.329 e. The Morgan fingerprint density at radius 2 is 2.10 bits per heavy atom. The lowest BCUT2D eigenvalue weighted by atomic mass is 9.92. The maximum absolute atomic E-state index is 12.3. The Labute approximate surface area is 118 Å². The van der Waals surface area contributed by atoms with Gasteiger partial charge in [-0.15, -0.1) is 0 Å². The number of hydrogen-bond donors (Lipinski definition) is 1. The monoisotopic (exact) mass is 276 g/mol. The van der Waals surface area contributed by atoms with E-state index < -0.39 is 11.5 Å². The molecule has 1 atom stereocenters. The Kier molecular flexibility index (Phi) is 4.37. The van der Waals surface area contributed by atoms with Crippen LogP contribution in [0.15, 0.2) is 24.5 Å². The minimum atomic E-state index is -0.991.